The summed E-state index contributed by atoms with van der Waals surface area (Å²) in [5.41, 5.74) is 0.832. The van der Waals surface area contributed by atoms with E-state index in [1.807, 2.05) is 6.07 Å². The first-order chi connectivity index (χ1) is 6.27. The summed E-state index contributed by atoms with van der Waals surface area (Å²) < 4.78 is 15.1. The van der Waals surface area contributed by atoms with Gasteiger partial charge in [0.2, 0.25) is 0 Å². The molecule has 66 valence electrons. The summed E-state index contributed by atoms with van der Waals surface area (Å²) in [6, 6.07) is 7.98. The number of nitrogens with zero attached hydrogens (tertiary/aromatic N) is 2. The molecule has 0 bridgehead atoms. The molecule has 0 aliphatic rings. The van der Waals surface area contributed by atoms with Gasteiger partial charge in [-0.05, 0) is 46.3 Å². The van der Waals surface area contributed by atoms with Crippen LogP contribution in [0.3, 0.4) is 0 Å². The van der Waals surface area contributed by atoms with Crippen molar-refractivity contribution in [1.82, 2.24) is 9.78 Å². The fraction of sp³-hybridized carbons (Fsp3) is 0. The average Bonchev–Trinajstić information content (AvgIpc) is 2.53. The minimum absolute atomic E-state index is 0.243. The lowest BCUT2D eigenvalue weighted by atomic mass is 10.3. The number of hydrogen-bond acceptors (Lipinski definition) is 1. The molecule has 0 atom stereocenters. The summed E-state index contributed by atoms with van der Waals surface area (Å²) in [7, 11) is 0. The zero-order valence-corrected chi connectivity index (χ0v) is 8.20. The summed E-state index contributed by atoms with van der Waals surface area (Å²) in [6.45, 7) is 0. The topological polar surface area (TPSA) is 17.8 Å². The molecule has 1 heterocycles. The predicted molar refractivity (Wildman–Crippen MR) is 51.2 cm³/mol. The van der Waals surface area contributed by atoms with E-state index >= 15 is 0 Å². The SMILES string of the molecule is Fc1ccc(-n2nccc2Br)cc1. The minimum atomic E-state index is -0.243. The minimum Gasteiger partial charge on any atom is -0.227 e. The van der Waals surface area contributed by atoms with Crippen LogP contribution in [0.15, 0.2) is 41.1 Å². The molecule has 1 aromatic carbocycles. The molecule has 1 aromatic heterocycles. The predicted octanol–water partition coefficient (Wildman–Crippen LogP) is 2.77. The second kappa shape index (κ2) is 3.30. The monoisotopic (exact) mass is 240 g/mol. The standard InChI is InChI=1S/C9H6BrFN2/c10-9-5-6-12-13(9)8-3-1-7(11)2-4-8/h1-6H. The van der Waals surface area contributed by atoms with Gasteiger partial charge in [-0.1, -0.05) is 0 Å². The van der Waals surface area contributed by atoms with E-state index in [9.17, 15) is 4.39 Å². The lowest BCUT2D eigenvalue weighted by Gasteiger charge is -2.01. The summed E-state index contributed by atoms with van der Waals surface area (Å²) in [4.78, 5) is 0. The Hall–Kier alpha value is -1.16. The van der Waals surface area contributed by atoms with E-state index in [1.54, 1.807) is 23.0 Å². The first-order valence-electron chi connectivity index (χ1n) is 3.73. The van der Waals surface area contributed by atoms with Crippen LogP contribution < -0.4 is 0 Å². The summed E-state index contributed by atoms with van der Waals surface area (Å²) >= 11 is 3.33. The number of hydrogen-bond donors (Lipinski definition) is 0. The van der Waals surface area contributed by atoms with E-state index in [1.165, 1.54) is 12.1 Å². The Morgan fingerprint density at radius 3 is 2.38 bits per heavy atom. The van der Waals surface area contributed by atoms with Gasteiger partial charge in [-0.15, -0.1) is 0 Å². The van der Waals surface area contributed by atoms with Crippen molar-refractivity contribution < 1.29 is 4.39 Å². The molecule has 2 rings (SSSR count). The summed E-state index contributed by atoms with van der Waals surface area (Å²) in [5.74, 6) is -0.243. The van der Waals surface area contributed by atoms with Gasteiger partial charge in [0.05, 0.1) is 11.9 Å². The largest absolute Gasteiger partial charge is 0.227 e. The van der Waals surface area contributed by atoms with Crippen LogP contribution >= 0.6 is 15.9 Å². The Morgan fingerprint density at radius 1 is 1.15 bits per heavy atom. The van der Waals surface area contributed by atoms with Crippen LogP contribution in [-0.2, 0) is 0 Å². The van der Waals surface area contributed by atoms with Crippen LogP contribution in [0.1, 0.15) is 0 Å². The van der Waals surface area contributed by atoms with Crippen molar-refractivity contribution in [2.45, 2.75) is 0 Å². The smallest absolute Gasteiger partial charge is 0.123 e. The van der Waals surface area contributed by atoms with E-state index in [4.69, 9.17) is 0 Å². The highest BCUT2D eigenvalue weighted by Gasteiger charge is 2.00. The fourth-order valence-corrected chi connectivity index (χ4v) is 1.47. The molecule has 0 N–H and O–H groups in total. The van der Waals surface area contributed by atoms with Crippen LogP contribution in [0, 0.1) is 5.82 Å². The van der Waals surface area contributed by atoms with Crippen molar-refractivity contribution in [3.63, 3.8) is 0 Å². The van der Waals surface area contributed by atoms with Crippen LogP contribution in [-0.4, -0.2) is 9.78 Å². The molecule has 2 nitrogen and oxygen atoms in total. The highest BCUT2D eigenvalue weighted by Crippen LogP contribution is 2.15. The van der Waals surface area contributed by atoms with Gasteiger partial charge < -0.3 is 0 Å². The third-order valence-electron chi connectivity index (χ3n) is 1.67. The Morgan fingerprint density at radius 2 is 1.85 bits per heavy atom. The lowest BCUT2D eigenvalue weighted by Crippen LogP contribution is -1.95. The fourth-order valence-electron chi connectivity index (χ4n) is 1.06. The van der Waals surface area contributed by atoms with E-state index in [0.29, 0.717) is 0 Å². The zero-order chi connectivity index (χ0) is 9.26. The van der Waals surface area contributed by atoms with E-state index in [2.05, 4.69) is 21.0 Å². The number of rotatable bonds is 1. The van der Waals surface area contributed by atoms with Crippen molar-refractivity contribution in [2.75, 3.05) is 0 Å². The highest BCUT2D eigenvalue weighted by atomic mass is 79.9. The molecule has 0 amide bonds. The molecular formula is C9H6BrFN2. The van der Waals surface area contributed by atoms with Gasteiger partial charge in [0.15, 0.2) is 0 Å². The molecule has 0 radical (unpaired) electrons. The maximum Gasteiger partial charge on any atom is 0.123 e. The average molecular weight is 241 g/mol. The van der Waals surface area contributed by atoms with Crippen molar-refractivity contribution in [3.05, 3.63) is 46.9 Å². The number of aromatic nitrogens is 2. The molecule has 13 heavy (non-hydrogen) atoms. The van der Waals surface area contributed by atoms with Crippen LogP contribution in [0.2, 0.25) is 0 Å². The Labute approximate surface area is 83.1 Å². The number of benzene rings is 1. The molecule has 0 fully saturated rings. The highest BCUT2D eigenvalue weighted by molar-refractivity contribution is 9.10. The zero-order valence-electron chi connectivity index (χ0n) is 6.61. The van der Waals surface area contributed by atoms with Crippen molar-refractivity contribution in [3.8, 4) is 5.69 Å². The van der Waals surface area contributed by atoms with Crippen LogP contribution in [0.5, 0.6) is 0 Å². The second-order valence-corrected chi connectivity index (χ2v) is 3.35. The molecular weight excluding hydrogens is 235 g/mol. The summed E-state index contributed by atoms with van der Waals surface area (Å²) in [5, 5.41) is 4.06. The molecule has 0 saturated heterocycles. The Balaban J connectivity index is 2.47. The van der Waals surface area contributed by atoms with Gasteiger partial charge in [0, 0.05) is 0 Å². The molecule has 0 unspecified atom stereocenters. The third-order valence-corrected chi connectivity index (χ3v) is 2.27. The normalized spacial score (nSPS) is 10.3. The van der Waals surface area contributed by atoms with Gasteiger partial charge >= 0.3 is 0 Å². The first-order valence-corrected chi connectivity index (χ1v) is 4.52. The van der Waals surface area contributed by atoms with Crippen LogP contribution in [0.25, 0.3) is 5.69 Å². The molecule has 0 saturated carbocycles. The van der Waals surface area contributed by atoms with Crippen molar-refractivity contribution in [1.29, 1.82) is 0 Å². The van der Waals surface area contributed by atoms with Crippen LogP contribution in [0.4, 0.5) is 4.39 Å². The maximum atomic E-state index is 12.6. The van der Waals surface area contributed by atoms with Gasteiger partial charge in [0.1, 0.15) is 10.4 Å². The lowest BCUT2D eigenvalue weighted by molar-refractivity contribution is 0.627. The van der Waals surface area contributed by atoms with E-state index in [0.717, 1.165) is 10.3 Å². The third kappa shape index (κ3) is 1.62. The van der Waals surface area contributed by atoms with Gasteiger partial charge in [-0.25, -0.2) is 9.07 Å². The molecule has 0 spiro atoms. The van der Waals surface area contributed by atoms with Gasteiger partial charge in [-0.2, -0.15) is 5.10 Å². The molecule has 0 aliphatic carbocycles. The second-order valence-electron chi connectivity index (χ2n) is 2.54. The molecule has 4 heteroatoms. The quantitative estimate of drug-likeness (QED) is 0.750. The molecule has 0 aliphatic heterocycles. The Kier molecular flexibility index (Phi) is 2.14. The van der Waals surface area contributed by atoms with E-state index in [-0.39, 0.29) is 5.82 Å². The van der Waals surface area contributed by atoms with E-state index < -0.39 is 0 Å². The summed E-state index contributed by atoms with van der Waals surface area (Å²) in [6.07, 6.45) is 1.67. The number of halogens is 2. The van der Waals surface area contributed by atoms with Crippen molar-refractivity contribution in [2.24, 2.45) is 0 Å². The van der Waals surface area contributed by atoms with Gasteiger partial charge in [0.25, 0.3) is 0 Å². The maximum absolute atomic E-state index is 12.6. The first kappa shape index (κ1) is 8.44. The van der Waals surface area contributed by atoms with Crippen molar-refractivity contribution >= 4 is 15.9 Å². The Bertz CT molecular complexity index is 408. The van der Waals surface area contributed by atoms with Gasteiger partial charge in [-0.3, -0.25) is 0 Å². The molecule has 2 aromatic rings.